The van der Waals surface area contributed by atoms with Gasteiger partial charge < -0.3 is 21.1 Å². The first-order chi connectivity index (χ1) is 10.6. The van der Waals surface area contributed by atoms with Crippen molar-refractivity contribution in [3.05, 3.63) is 12.5 Å². The number of carboxylic acids is 1. The van der Waals surface area contributed by atoms with E-state index in [1.807, 2.05) is 0 Å². The molecule has 0 radical (unpaired) electrons. The van der Waals surface area contributed by atoms with Gasteiger partial charge in [-0.25, -0.2) is 9.97 Å². The van der Waals surface area contributed by atoms with E-state index in [-0.39, 0.29) is 25.2 Å². The van der Waals surface area contributed by atoms with Crippen LogP contribution in [0.4, 0.5) is 5.95 Å². The van der Waals surface area contributed by atoms with E-state index in [0.717, 1.165) is 11.2 Å². The predicted molar refractivity (Wildman–Crippen MR) is 79.3 cm³/mol. The van der Waals surface area contributed by atoms with E-state index in [1.165, 1.54) is 12.8 Å². The Kier molecular flexibility index (Phi) is 5.37. The number of aromatic nitrogens is 4. The quantitative estimate of drug-likeness (QED) is 0.596. The van der Waals surface area contributed by atoms with Crippen LogP contribution in [0.2, 0.25) is 0 Å². The summed E-state index contributed by atoms with van der Waals surface area (Å²) in [7, 11) is 0. The molecule has 0 bridgehead atoms. The number of fused-ring (bicyclic) bond motifs is 1. The largest absolute Gasteiger partial charge is 0.481 e. The highest BCUT2D eigenvalue weighted by atomic mass is 16.4. The van der Waals surface area contributed by atoms with Gasteiger partial charge in [-0.05, 0) is 12.8 Å². The van der Waals surface area contributed by atoms with Crippen LogP contribution in [0.1, 0.15) is 25.7 Å². The van der Waals surface area contributed by atoms with Crippen molar-refractivity contribution < 1.29 is 14.7 Å². The summed E-state index contributed by atoms with van der Waals surface area (Å²) in [5.74, 6) is -0.490. The number of anilines is 1. The Morgan fingerprint density at radius 1 is 1.36 bits per heavy atom. The number of nitrogens with two attached hydrogens (primary N) is 1. The number of Topliss-reactive ketones (excluding diaryl/α,β-unsaturated/α-hetero) is 1. The third-order valence-electron chi connectivity index (χ3n) is 2.93. The monoisotopic (exact) mass is 306 g/mol. The highest BCUT2D eigenvalue weighted by molar-refractivity contribution is 5.83. The predicted octanol–water partition coefficient (Wildman–Crippen LogP) is 0.306. The SMILES string of the molecule is NCC(=O)CCC(=O)O.c1nc2nc(NC3CC3)ncc2[nH]1. The first-order valence-corrected chi connectivity index (χ1v) is 6.94. The maximum atomic E-state index is 10.3. The van der Waals surface area contributed by atoms with Crippen molar-refractivity contribution in [3.63, 3.8) is 0 Å². The van der Waals surface area contributed by atoms with Gasteiger partial charge in [0.1, 0.15) is 11.3 Å². The van der Waals surface area contributed by atoms with Crippen molar-refractivity contribution in [2.75, 3.05) is 11.9 Å². The molecule has 1 fully saturated rings. The van der Waals surface area contributed by atoms with Crippen molar-refractivity contribution >= 4 is 28.9 Å². The third kappa shape index (κ3) is 5.09. The Bertz CT molecular complexity index is 652. The molecule has 5 N–H and O–H groups in total. The van der Waals surface area contributed by atoms with Crippen LogP contribution in [0.3, 0.4) is 0 Å². The molecule has 2 aromatic rings. The molecule has 2 aromatic heterocycles. The Labute approximate surface area is 126 Å². The molecule has 0 spiro atoms. The number of imidazole rings is 1. The molecule has 2 heterocycles. The lowest BCUT2D eigenvalue weighted by Gasteiger charge is -1.99. The molecule has 0 saturated heterocycles. The number of H-pyrrole nitrogens is 1. The number of rotatable bonds is 6. The number of aromatic amines is 1. The van der Waals surface area contributed by atoms with Gasteiger partial charge >= 0.3 is 5.97 Å². The van der Waals surface area contributed by atoms with Crippen molar-refractivity contribution in [1.29, 1.82) is 0 Å². The smallest absolute Gasteiger partial charge is 0.303 e. The molecule has 1 aliphatic rings. The summed E-state index contributed by atoms with van der Waals surface area (Å²) in [6.07, 6.45) is 5.76. The highest BCUT2D eigenvalue weighted by Gasteiger charge is 2.21. The maximum Gasteiger partial charge on any atom is 0.303 e. The summed E-state index contributed by atoms with van der Waals surface area (Å²) in [5, 5.41) is 11.3. The molecule has 118 valence electrons. The molecule has 9 heteroatoms. The topological polar surface area (TPSA) is 147 Å². The van der Waals surface area contributed by atoms with Gasteiger partial charge in [-0.1, -0.05) is 0 Å². The maximum absolute atomic E-state index is 10.3. The average molecular weight is 306 g/mol. The summed E-state index contributed by atoms with van der Waals surface area (Å²) in [6, 6.07) is 0.580. The number of carboxylic acid groups (broad SMARTS) is 1. The second-order valence-electron chi connectivity index (χ2n) is 4.89. The van der Waals surface area contributed by atoms with E-state index in [9.17, 15) is 9.59 Å². The minimum absolute atomic E-state index is 0.0475. The number of nitrogens with one attached hydrogen (secondary N) is 2. The van der Waals surface area contributed by atoms with Crippen molar-refractivity contribution in [1.82, 2.24) is 19.9 Å². The van der Waals surface area contributed by atoms with Gasteiger partial charge in [0.05, 0.1) is 25.5 Å². The van der Waals surface area contributed by atoms with E-state index < -0.39 is 5.97 Å². The fourth-order valence-corrected chi connectivity index (χ4v) is 1.56. The number of ketones is 1. The molecule has 0 atom stereocenters. The minimum atomic E-state index is -0.961. The van der Waals surface area contributed by atoms with Crippen LogP contribution in [-0.4, -0.2) is 49.4 Å². The number of aliphatic carboxylic acids is 1. The fraction of sp³-hybridized carbons (Fsp3) is 0.462. The van der Waals surface area contributed by atoms with E-state index >= 15 is 0 Å². The Hall–Kier alpha value is -2.55. The number of carbonyl (C=O) groups excluding carboxylic acids is 1. The number of carbonyl (C=O) groups is 2. The summed E-state index contributed by atoms with van der Waals surface area (Å²) < 4.78 is 0. The van der Waals surface area contributed by atoms with Crippen LogP contribution in [0.15, 0.2) is 12.5 Å². The van der Waals surface area contributed by atoms with Gasteiger partial charge in [0.25, 0.3) is 0 Å². The molecule has 1 saturated carbocycles. The molecule has 3 rings (SSSR count). The van der Waals surface area contributed by atoms with E-state index in [1.54, 1.807) is 12.5 Å². The molecule has 22 heavy (non-hydrogen) atoms. The number of hydrogen-bond donors (Lipinski definition) is 4. The molecule has 0 amide bonds. The van der Waals surface area contributed by atoms with Crippen LogP contribution in [0, 0.1) is 0 Å². The van der Waals surface area contributed by atoms with Gasteiger partial charge in [-0.2, -0.15) is 4.98 Å². The molecule has 0 unspecified atom stereocenters. The van der Waals surface area contributed by atoms with Crippen LogP contribution >= 0.6 is 0 Å². The second kappa shape index (κ2) is 7.46. The fourth-order valence-electron chi connectivity index (χ4n) is 1.56. The standard InChI is InChI=1S/C8H9N5.C5H9NO3/c1-2-5(1)12-8-9-3-6-7(13-8)11-4-10-6;6-3-4(7)1-2-5(8)9/h3-5H,1-2H2,(H2,9,10,11,12,13);1-3,6H2,(H,8,9). The normalized spacial score (nSPS) is 13.3. The van der Waals surface area contributed by atoms with E-state index in [2.05, 4.69) is 25.3 Å². The summed E-state index contributed by atoms with van der Waals surface area (Å²) >= 11 is 0. The third-order valence-corrected chi connectivity index (χ3v) is 2.93. The van der Waals surface area contributed by atoms with Gasteiger partial charge in [0.2, 0.25) is 5.95 Å². The van der Waals surface area contributed by atoms with Crippen molar-refractivity contribution in [3.8, 4) is 0 Å². The van der Waals surface area contributed by atoms with Crippen LogP contribution in [0.25, 0.3) is 11.2 Å². The Morgan fingerprint density at radius 2 is 2.14 bits per heavy atom. The lowest BCUT2D eigenvalue weighted by atomic mass is 10.2. The Morgan fingerprint density at radius 3 is 2.77 bits per heavy atom. The summed E-state index contributed by atoms with van der Waals surface area (Å²) in [6.45, 7) is -0.0622. The zero-order chi connectivity index (χ0) is 15.9. The van der Waals surface area contributed by atoms with Crippen LogP contribution < -0.4 is 11.1 Å². The molecule has 9 nitrogen and oxygen atoms in total. The van der Waals surface area contributed by atoms with Crippen molar-refractivity contribution in [2.45, 2.75) is 31.7 Å². The second-order valence-corrected chi connectivity index (χ2v) is 4.89. The Balaban J connectivity index is 0.000000175. The van der Waals surface area contributed by atoms with E-state index in [4.69, 9.17) is 10.8 Å². The number of nitrogens with zero attached hydrogens (tertiary/aromatic N) is 3. The van der Waals surface area contributed by atoms with Crippen LogP contribution in [0.5, 0.6) is 0 Å². The van der Waals surface area contributed by atoms with Gasteiger partial charge in [-0.15, -0.1) is 0 Å². The minimum Gasteiger partial charge on any atom is -0.481 e. The molecule has 0 aliphatic heterocycles. The van der Waals surface area contributed by atoms with Gasteiger partial charge in [-0.3, -0.25) is 9.59 Å². The lowest BCUT2D eigenvalue weighted by molar-refractivity contribution is -0.138. The first kappa shape index (κ1) is 15.8. The van der Waals surface area contributed by atoms with Crippen LogP contribution in [-0.2, 0) is 9.59 Å². The zero-order valence-corrected chi connectivity index (χ0v) is 12.0. The molecular formula is C13H18N6O3. The summed E-state index contributed by atoms with van der Waals surface area (Å²) in [4.78, 5) is 35.6. The van der Waals surface area contributed by atoms with Gasteiger partial charge in [0, 0.05) is 12.5 Å². The molecule has 1 aliphatic carbocycles. The number of hydrogen-bond acceptors (Lipinski definition) is 7. The molecule has 0 aromatic carbocycles. The lowest BCUT2D eigenvalue weighted by Crippen LogP contribution is -2.14. The molecular weight excluding hydrogens is 288 g/mol. The van der Waals surface area contributed by atoms with Gasteiger partial charge in [0.15, 0.2) is 5.65 Å². The highest BCUT2D eigenvalue weighted by Crippen LogP contribution is 2.23. The average Bonchev–Trinajstić information content (AvgIpc) is 3.19. The summed E-state index contributed by atoms with van der Waals surface area (Å²) in [5.41, 5.74) is 6.51. The first-order valence-electron chi connectivity index (χ1n) is 6.94. The van der Waals surface area contributed by atoms with Crippen molar-refractivity contribution in [2.24, 2.45) is 5.73 Å². The van der Waals surface area contributed by atoms with E-state index in [0.29, 0.717) is 12.0 Å². The zero-order valence-electron chi connectivity index (χ0n) is 12.0.